The van der Waals surface area contributed by atoms with Gasteiger partial charge >= 0.3 is 0 Å². The summed E-state index contributed by atoms with van der Waals surface area (Å²) in [5.74, 6) is 0.953. The van der Waals surface area contributed by atoms with Crippen molar-refractivity contribution >= 4 is 12.0 Å². The van der Waals surface area contributed by atoms with E-state index in [2.05, 4.69) is 4.90 Å². The number of methoxy groups -OCH3 is 1. The number of amides is 1. The van der Waals surface area contributed by atoms with Crippen molar-refractivity contribution in [2.75, 3.05) is 33.3 Å². The molecule has 4 heteroatoms. The SMILES string of the molecule is COc1ccc(/C=C/C(=O)N2CCC(N3CCCC3)C2)cc1. The third kappa shape index (κ3) is 3.50. The summed E-state index contributed by atoms with van der Waals surface area (Å²) in [4.78, 5) is 16.8. The first-order chi connectivity index (χ1) is 10.8. The zero-order valence-corrected chi connectivity index (χ0v) is 13.2. The van der Waals surface area contributed by atoms with E-state index in [-0.39, 0.29) is 5.91 Å². The Kier molecular flexibility index (Phi) is 4.78. The number of hydrogen-bond donors (Lipinski definition) is 0. The van der Waals surface area contributed by atoms with Crippen LogP contribution in [0.2, 0.25) is 0 Å². The molecule has 0 aromatic heterocycles. The molecular formula is C18H24N2O2. The maximum atomic E-state index is 12.3. The van der Waals surface area contributed by atoms with Crippen molar-refractivity contribution < 1.29 is 9.53 Å². The second-order valence-corrected chi connectivity index (χ2v) is 6.08. The Hall–Kier alpha value is -1.81. The number of nitrogens with zero attached hydrogens (tertiary/aromatic N) is 2. The van der Waals surface area contributed by atoms with Gasteiger partial charge in [0, 0.05) is 25.2 Å². The molecule has 2 heterocycles. The normalized spacial score (nSPS) is 22.6. The van der Waals surface area contributed by atoms with Crippen LogP contribution in [-0.4, -0.2) is 55.0 Å². The molecule has 4 nitrogen and oxygen atoms in total. The molecule has 0 N–H and O–H groups in total. The highest BCUT2D eigenvalue weighted by Gasteiger charge is 2.30. The number of likely N-dealkylation sites (tertiary alicyclic amines) is 2. The summed E-state index contributed by atoms with van der Waals surface area (Å²) in [6.45, 7) is 4.17. The largest absolute Gasteiger partial charge is 0.497 e. The van der Waals surface area contributed by atoms with E-state index in [9.17, 15) is 4.79 Å². The number of carbonyl (C=O) groups is 1. The summed E-state index contributed by atoms with van der Waals surface area (Å²) in [5, 5.41) is 0. The fourth-order valence-electron chi connectivity index (χ4n) is 3.33. The zero-order valence-electron chi connectivity index (χ0n) is 13.2. The van der Waals surface area contributed by atoms with Crippen molar-refractivity contribution in [1.29, 1.82) is 0 Å². The van der Waals surface area contributed by atoms with Crippen LogP contribution >= 0.6 is 0 Å². The molecule has 2 fully saturated rings. The Labute approximate surface area is 132 Å². The molecule has 1 unspecified atom stereocenters. The Morgan fingerprint density at radius 2 is 1.91 bits per heavy atom. The molecule has 2 saturated heterocycles. The lowest BCUT2D eigenvalue weighted by Gasteiger charge is -2.23. The monoisotopic (exact) mass is 300 g/mol. The van der Waals surface area contributed by atoms with Crippen LogP contribution in [-0.2, 0) is 4.79 Å². The highest BCUT2D eigenvalue weighted by Crippen LogP contribution is 2.21. The van der Waals surface area contributed by atoms with E-state index in [0.717, 1.165) is 30.8 Å². The quantitative estimate of drug-likeness (QED) is 0.801. The molecule has 2 aliphatic heterocycles. The molecule has 2 aliphatic rings. The highest BCUT2D eigenvalue weighted by atomic mass is 16.5. The summed E-state index contributed by atoms with van der Waals surface area (Å²) in [5.41, 5.74) is 1.02. The van der Waals surface area contributed by atoms with Gasteiger partial charge < -0.3 is 9.64 Å². The van der Waals surface area contributed by atoms with Gasteiger partial charge in [0.1, 0.15) is 5.75 Å². The minimum atomic E-state index is 0.123. The summed E-state index contributed by atoms with van der Waals surface area (Å²) in [7, 11) is 1.65. The third-order valence-electron chi connectivity index (χ3n) is 4.67. The Morgan fingerprint density at radius 3 is 2.59 bits per heavy atom. The molecular weight excluding hydrogens is 276 g/mol. The molecule has 22 heavy (non-hydrogen) atoms. The van der Waals surface area contributed by atoms with Crippen molar-refractivity contribution in [2.45, 2.75) is 25.3 Å². The Morgan fingerprint density at radius 1 is 1.18 bits per heavy atom. The van der Waals surface area contributed by atoms with Crippen molar-refractivity contribution in [3.63, 3.8) is 0 Å². The second kappa shape index (κ2) is 6.97. The van der Waals surface area contributed by atoms with Gasteiger partial charge in [-0.05, 0) is 56.1 Å². The molecule has 1 amide bonds. The van der Waals surface area contributed by atoms with E-state index in [1.54, 1.807) is 13.2 Å². The van der Waals surface area contributed by atoms with E-state index in [1.807, 2.05) is 35.2 Å². The molecule has 118 valence electrons. The predicted molar refractivity (Wildman–Crippen MR) is 87.8 cm³/mol. The van der Waals surface area contributed by atoms with Crippen LogP contribution in [0.4, 0.5) is 0 Å². The van der Waals surface area contributed by atoms with Crippen LogP contribution in [0.15, 0.2) is 30.3 Å². The van der Waals surface area contributed by atoms with Gasteiger partial charge in [-0.1, -0.05) is 12.1 Å². The maximum Gasteiger partial charge on any atom is 0.246 e. The third-order valence-corrected chi connectivity index (χ3v) is 4.67. The lowest BCUT2D eigenvalue weighted by molar-refractivity contribution is -0.125. The number of hydrogen-bond acceptors (Lipinski definition) is 3. The Bertz CT molecular complexity index is 533. The van der Waals surface area contributed by atoms with Crippen molar-refractivity contribution in [2.24, 2.45) is 0 Å². The van der Waals surface area contributed by atoms with Gasteiger partial charge in [0.25, 0.3) is 0 Å². The van der Waals surface area contributed by atoms with Crippen molar-refractivity contribution in [1.82, 2.24) is 9.80 Å². The molecule has 0 saturated carbocycles. The minimum absolute atomic E-state index is 0.123. The van der Waals surface area contributed by atoms with E-state index in [1.165, 1.54) is 25.9 Å². The molecule has 1 atom stereocenters. The van der Waals surface area contributed by atoms with Crippen molar-refractivity contribution in [3.05, 3.63) is 35.9 Å². The fraction of sp³-hybridized carbons (Fsp3) is 0.500. The first-order valence-corrected chi connectivity index (χ1v) is 8.11. The van der Waals surface area contributed by atoms with Gasteiger partial charge in [-0.25, -0.2) is 0 Å². The molecule has 0 bridgehead atoms. The number of ether oxygens (including phenoxy) is 1. The van der Waals surface area contributed by atoms with E-state index >= 15 is 0 Å². The van der Waals surface area contributed by atoms with Crippen LogP contribution in [0, 0.1) is 0 Å². The van der Waals surface area contributed by atoms with Crippen LogP contribution in [0.3, 0.4) is 0 Å². The number of rotatable bonds is 4. The Balaban J connectivity index is 1.54. The summed E-state index contributed by atoms with van der Waals surface area (Å²) in [6, 6.07) is 8.30. The summed E-state index contributed by atoms with van der Waals surface area (Å²) < 4.78 is 5.13. The lowest BCUT2D eigenvalue weighted by atomic mass is 10.2. The molecule has 0 aliphatic carbocycles. The molecule has 0 spiro atoms. The highest BCUT2D eigenvalue weighted by molar-refractivity contribution is 5.92. The van der Waals surface area contributed by atoms with Crippen LogP contribution in [0.25, 0.3) is 6.08 Å². The van der Waals surface area contributed by atoms with E-state index in [0.29, 0.717) is 6.04 Å². The smallest absolute Gasteiger partial charge is 0.246 e. The molecule has 1 aromatic rings. The van der Waals surface area contributed by atoms with Gasteiger partial charge in [0.05, 0.1) is 7.11 Å². The van der Waals surface area contributed by atoms with Gasteiger partial charge in [-0.2, -0.15) is 0 Å². The number of carbonyl (C=O) groups excluding carboxylic acids is 1. The first kappa shape index (κ1) is 15.1. The topological polar surface area (TPSA) is 32.8 Å². The summed E-state index contributed by atoms with van der Waals surface area (Å²) >= 11 is 0. The number of benzene rings is 1. The van der Waals surface area contributed by atoms with Gasteiger partial charge in [-0.15, -0.1) is 0 Å². The van der Waals surface area contributed by atoms with E-state index in [4.69, 9.17) is 4.74 Å². The van der Waals surface area contributed by atoms with Crippen molar-refractivity contribution in [3.8, 4) is 5.75 Å². The molecule has 1 aromatic carbocycles. The van der Waals surface area contributed by atoms with Gasteiger partial charge in [0.15, 0.2) is 0 Å². The minimum Gasteiger partial charge on any atom is -0.497 e. The first-order valence-electron chi connectivity index (χ1n) is 8.11. The standard InChI is InChI=1S/C18H24N2O2/c1-22-17-7-4-15(5-8-17)6-9-18(21)20-13-10-16(14-20)19-11-2-3-12-19/h4-9,16H,2-3,10-14H2,1H3/b9-6+. The average Bonchev–Trinajstić information content (AvgIpc) is 3.23. The predicted octanol–water partition coefficient (Wildman–Crippen LogP) is 2.41. The lowest BCUT2D eigenvalue weighted by Crippen LogP contribution is -2.36. The van der Waals surface area contributed by atoms with Crippen LogP contribution in [0.5, 0.6) is 5.75 Å². The van der Waals surface area contributed by atoms with Gasteiger partial charge in [0.2, 0.25) is 5.91 Å². The van der Waals surface area contributed by atoms with Crippen LogP contribution in [0.1, 0.15) is 24.8 Å². The average molecular weight is 300 g/mol. The maximum absolute atomic E-state index is 12.3. The summed E-state index contributed by atoms with van der Waals surface area (Å²) in [6.07, 6.45) is 7.30. The van der Waals surface area contributed by atoms with E-state index < -0.39 is 0 Å². The second-order valence-electron chi connectivity index (χ2n) is 6.08. The van der Waals surface area contributed by atoms with Gasteiger partial charge in [-0.3, -0.25) is 9.69 Å². The molecule has 0 radical (unpaired) electrons. The van der Waals surface area contributed by atoms with Crippen LogP contribution < -0.4 is 4.74 Å². The fourth-order valence-corrected chi connectivity index (χ4v) is 3.33. The molecule has 3 rings (SSSR count). The zero-order chi connectivity index (χ0) is 15.4.